The maximum atomic E-state index is 11.9. The normalized spacial score (nSPS) is 12.0. The summed E-state index contributed by atoms with van der Waals surface area (Å²) in [5.41, 5.74) is 4.32. The van der Waals surface area contributed by atoms with E-state index in [1.165, 1.54) is 0 Å². The number of hydrogen-bond donors (Lipinski definition) is 2. The van der Waals surface area contributed by atoms with Crippen LogP contribution in [0, 0.1) is 0 Å². The lowest BCUT2D eigenvalue weighted by atomic mass is 9.82. The molecule has 0 aliphatic heterocycles. The molecule has 1 atom stereocenters. The van der Waals surface area contributed by atoms with Gasteiger partial charge in [0, 0.05) is 23.0 Å². The number of benzene rings is 2. The predicted octanol–water partition coefficient (Wildman–Crippen LogP) is 5.30. The molecule has 0 saturated heterocycles. The van der Waals surface area contributed by atoms with Crippen molar-refractivity contribution >= 4 is 16.9 Å². The zero-order valence-corrected chi connectivity index (χ0v) is 14.0. The molecule has 0 radical (unpaired) electrons. The number of hydrogen-bond acceptors (Lipinski definition) is 1. The van der Waals surface area contributed by atoms with E-state index in [9.17, 15) is 9.90 Å². The van der Waals surface area contributed by atoms with Crippen LogP contribution in [0.15, 0.2) is 74.0 Å². The SMILES string of the molecule is C=CCc1cccc(C(=O)O)c1C(CC=C)c1c[nH]c2ccccc12. The number of carboxylic acid groups (broad SMARTS) is 1. The Morgan fingerprint density at radius 3 is 2.64 bits per heavy atom. The molecular weight excluding hydrogens is 310 g/mol. The van der Waals surface area contributed by atoms with Gasteiger partial charge in [-0.25, -0.2) is 4.79 Å². The number of aromatic amines is 1. The minimum atomic E-state index is -0.908. The van der Waals surface area contributed by atoms with Crippen molar-refractivity contribution in [2.45, 2.75) is 18.8 Å². The molecule has 0 fully saturated rings. The number of H-pyrrole nitrogens is 1. The number of rotatable bonds is 7. The second kappa shape index (κ2) is 7.22. The molecule has 3 rings (SSSR count). The van der Waals surface area contributed by atoms with E-state index in [2.05, 4.69) is 24.2 Å². The van der Waals surface area contributed by atoms with Crippen LogP contribution < -0.4 is 0 Å². The fraction of sp³-hybridized carbons (Fsp3) is 0.136. The molecule has 1 unspecified atom stereocenters. The van der Waals surface area contributed by atoms with E-state index in [1.54, 1.807) is 12.1 Å². The molecule has 3 aromatic rings. The number of aromatic nitrogens is 1. The first-order chi connectivity index (χ1) is 12.2. The van der Waals surface area contributed by atoms with Gasteiger partial charge in [-0.15, -0.1) is 13.2 Å². The van der Waals surface area contributed by atoms with Crippen molar-refractivity contribution in [2.75, 3.05) is 0 Å². The third kappa shape index (κ3) is 3.13. The molecule has 3 heteroatoms. The Hall–Kier alpha value is -3.07. The summed E-state index contributed by atoms with van der Waals surface area (Å²) in [5.74, 6) is -0.981. The summed E-state index contributed by atoms with van der Waals surface area (Å²) in [5, 5.41) is 10.8. The van der Waals surface area contributed by atoms with Crippen molar-refractivity contribution in [1.29, 1.82) is 0 Å². The Balaban J connectivity index is 2.27. The van der Waals surface area contributed by atoms with Crippen molar-refractivity contribution in [3.63, 3.8) is 0 Å². The molecule has 126 valence electrons. The highest BCUT2D eigenvalue weighted by molar-refractivity contribution is 5.91. The molecule has 1 aromatic heterocycles. The van der Waals surface area contributed by atoms with Gasteiger partial charge in [0.25, 0.3) is 0 Å². The van der Waals surface area contributed by atoms with E-state index in [1.807, 2.05) is 42.6 Å². The first kappa shape index (κ1) is 16.8. The van der Waals surface area contributed by atoms with Crippen LogP contribution in [0.5, 0.6) is 0 Å². The van der Waals surface area contributed by atoms with Gasteiger partial charge in [-0.3, -0.25) is 0 Å². The first-order valence-electron chi connectivity index (χ1n) is 8.30. The largest absolute Gasteiger partial charge is 0.478 e. The van der Waals surface area contributed by atoms with E-state index in [4.69, 9.17) is 0 Å². The quantitative estimate of drug-likeness (QED) is 0.577. The molecule has 0 bridgehead atoms. The zero-order chi connectivity index (χ0) is 17.8. The van der Waals surface area contributed by atoms with Crippen molar-refractivity contribution in [3.05, 3.63) is 96.2 Å². The Morgan fingerprint density at radius 1 is 1.12 bits per heavy atom. The van der Waals surface area contributed by atoms with Gasteiger partial charge in [0.2, 0.25) is 0 Å². The van der Waals surface area contributed by atoms with Gasteiger partial charge in [0.15, 0.2) is 0 Å². The molecule has 2 N–H and O–H groups in total. The van der Waals surface area contributed by atoms with Gasteiger partial charge in [-0.2, -0.15) is 0 Å². The number of carboxylic acids is 1. The van der Waals surface area contributed by atoms with E-state index in [-0.39, 0.29) is 5.92 Å². The summed E-state index contributed by atoms with van der Waals surface area (Å²) in [6.45, 7) is 7.70. The van der Waals surface area contributed by atoms with E-state index < -0.39 is 5.97 Å². The molecule has 25 heavy (non-hydrogen) atoms. The van der Waals surface area contributed by atoms with Gasteiger partial charge in [0.1, 0.15) is 0 Å². The van der Waals surface area contributed by atoms with Crippen LogP contribution in [-0.2, 0) is 6.42 Å². The number of allylic oxidation sites excluding steroid dienone is 2. The number of nitrogens with one attached hydrogen (secondary N) is 1. The average Bonchev–Trinajstić information content (AvgIpc) is 3.04. The van der Waals surface area contributed by atoms with Gasteiger partial charge < -0.3 is 10.1 Å². The van der Waals surface area contributed by atoms with Gasteiger partial charge >= 0.3 is 5.97 Å². The summed E-state index contributed by atoms with van der Waals surface area (Å²) in [6.07, 6.45) is 6.94. The second-order valence-electron chi connectivity index (χ2n) is 6.04. The average molecular weight is 331 g/mol. The molecular formula is C22H21NO2. The summed E-state index contributed by atoms with van der Waals surface area (Å²) < 4.78 is 0. The maximum absolute atomic E-state index is 11.9. The molecule has 0 amide bonds. The number of para-hydroxylation sites is 1. The second-order valence-corrected chi connectivity index (χ2v) is 6.04. The number of carbonyl (C=O) groups is 1. The minimum Gasteiger partial charge on any atom is -0.478 e. The molecule has 0 saturated carbocycles. The lowest BCUT2D eigenvalue weighted by Gasteiger charge is -2.21. The van der Waals surface area contributed by atoms with Gasteiger partial charge in [0.05, 0.1) is 5.56 Å². The number of aromatic carboxylic acids is 1. The van der Waals surface area contributed by atoms with Crippen LogP contribution in [0.1, 0.15) is 39.4 Å². The Kier molecular flexibility index (Phi) is 4.85. The Morgan fingerprint density at radius 2 is 1.92 bits per heavy atom. The molecule has 2 aromatic carbocycles. The van der Waals surface area contributed by atoms with Crippen molar-refractivity contribution in [1.82, 2.24) is 4.98 Å². The smallest absolute Gasteiger partial charge is 0.335 e. The fourth-order valence-corrected chi connectivity index (χ4v) is 3.49. The topological polar surface area (TPSA) is 53.1 Å². The molecule has 1 heterocycles. The van der Waals surface area contributed by atoms with Crippen LogP contribution in [0.4, 0.5) is 0 Å². The monoisotopic (exact) mass is 331 g/mol. The highest BCUT2D eigenvalue weighted by Gasteiger charge is 2.24. The van der Waals surface area contributed by atoms with Crippen LogP contribution >= 0.6 is 0 Å². The third-order valence-corrected chi connectivity index (χ3v) is 4.54. The van der Waals surface area contributed by atoms with E-state index in [0.717, 1.165) is 27.6 Å². The van der Waals surface area contributed by atoms with Crippen molar-refractivity contribution in [2.24, 2.45) is 0 Å². The standard InChI is InChI=1S/C22H21NO2/c1-3-8-15-10-7-12-18(22(24)25)21(15)17(9-4-2)19-14-23-20-13-6-5-11-16(19)20/h3-7,10-14,17,23H,1-2,8-9H2,(H,24,25). The van der Waals surface area contributed by atoms with Gasteiger partial charge in [-0.05, 0) is 41.7 Å². The predicted molar refractivity (Wildman–Crippen MR) is 102 cm³/mol. The maximum Gasteiger partial charge on any atom is 0.335 e. The Labute approximate surface area is 147 Å². The third-order valence-electron chi connectivity index (χ3n) is 4.54. The first-order valence-corrected chi connectivity index (χ1v) is 8.30. The Bertz CT molecular complexity index is 936. The highest BCUT2D eigenvalue weighted by atomic mass is 16.4. The fourth-order valence-electron chi connectivity index (χ4n) is 3.49. The molecule has 0 aliphatic rings. The molecule has 0 aliphatic carbocycles. The zero-order valence-electron chi connectivity index (χ0n) is 14.0. The lowest BCUT2D eigenvalue weighted by Crippen LogP contribution is -2.11. The van der Waals surface area contributed by atoms with Crippen molar-refractivity contribution < 1.29 is 9.90 Å². The van der Waals surface area contributed by atoms with Gasteiger partial charge in [-0.1, -0.05) is 42.5 Å². The molecule has 3 nitrogen and oxygen atoms in total. The lowest BCUT2D eigenvalue weighted by molar-refractivity contribution is 0.0695. The van der Waals surface area contributed by atoms with Crippen LogP contribution in [0.25, 0.3) is 10.9 Å². The summed E-state index contributed by atoms with van der Waals surface area (Å²) in [6, 6.07) is 13.5. The van der Waals surface area contributed by atoms with E-state index in [0.29, 0.717) is 18.4 Å². The van der Waals surface area contributed by atoms with Crippen molar-refractivity contribution in [3.8, 4) is 0 Å². The van der Waals surface area contributed by atoms with E-state index >= 15 is 0 Å². The highest BCUT2D eigenvalue weighted by Crippen LogP contribution is 2.37. The van der Waals surface area contributed by atoms with Crippen LogP contribution in [-0.4, -0.2) is 16.1 Å². The molecule has 0 spiro atoms. The summed E-state index contributed by atoms with van der Waals surface area (Å²) >= 11 is 0. The van der Waals surface area contributed by atoms with Crippen LogP contribution in [0.2, 0.25) is 0 Å². The summed E-state index contributed by atoms with van der Waals surface area (Å²) in [7, 11) is 0. The minimum absolute atomic E-state index is 0.0732. The summed E-state index contributed by atoms with van der Waals surface area (Å²) in [4.78, 5) is 15.2. The van der Waals surface area contributed by atoms with Crippen LogP contribution in [0.3, 0.4) is 0 Å². The number of fused-ring (bicyclic) bond motifs is 1.